The first-order chi connectivity index (χ1) is 12.5. The molecular formula is C20H22N2O3S. The van der Waals surface area contributed by atoms with Gasteiger partial charge in [-0.05, 0) is 50.3 Å². The van der Waals surface area contributed by atoms with Crippen LogP contribution in [0.5, 0.6) is 11.5 Å². The van der Waals surface area contributed by atoms with Crippen LogP contribution in [0.25, 0.3) is 6.08 Å². The highest BCUT2D eigenvalue weighted by Gasteiger charge is 2.04. The van der Waals surface area contributed by atoms with Crippen LogP contribution in [-0.4, -0.2) is 24.2 Å². The molecule has 5 nitrogen and oxygen atoms in total. The minimum atomic E-state index is -0.331. The van der Waals surface area contributed by atoms with Gasteiger partial charge in [0, 0.05) is 23.4 Å². The van der Waals surface area contributed by atoms with Gasteiger partial charge in [0.05, 0.1) is 13.2 Å². The molecule has 26 heavy (non-hydrogen) atoms. The quantitative estimate of drug-likeness (QED) is 0.594. The number of rotatable bonds is 6. The third kappa shape index (κ3) is 6.22. The van der Waals surface area contributed by atoms with Gasteiger partial charge in [0.15, 0.2) is 5.11 Å². The lowest BCUT2D eigenvalue weighted by Gasteiger charge is -2.12. The number of carbonyl (C=O) groups excluding carboxylic acids is 1. The second kappa shape index (κ2) is 9.58. The zero-order chi connectivity index (χ0) is 18.9. The lowest BCUT2D eigenvalue weighted by molar-refractivity contribution is -0.115. The first kappa shape index (κ1) is 19.5. The molecule has 0 spiro atoms. The highest BCUT2D eigenvalue weighted by molar-refractivity contribution is 7.80. The molecule has 0 fully saturated rings. The molecule has 0 bridgehead atoms. The third-order valence-corrected chi connectivity index (χ3v) is 3.46. The van der Waals surface area contributed by atoms with Crippen LogP contribution in [0.2, 0.25) is 0 Å². The zero-order valence-corrected chi connectivity index (χ0v) is 15.8. The van der Waals surface area contributed by atoms with Crippen LogP contribution in [0.3, 0.4) is 0 Å². The number of ether oxygens (including phenoxy) is 2. The van der Waals surface area contributed by atoms with E-state index in [0.717, 1.165) is 17.0 Å². The Balaban J connectivity index is 1.93. The van der Waals surface area contributed by atoms with Crippen molar-refractivity contribution >= 4 is 35.0 Å². The first-order valence-electron chi connectivity index (χ1n) is 8.17. The van der Waals surface area contributed by atoms with E-state index < -0.39 is 0 Å². The van der Waals surface area contributed by atoms with Gasteiger partial charge < -0.3 is 14.8 Å². The molecule has 0 atom stereocenters. The van der Waals surface area contributed by atoms with Gasteiger partial charge in [-0.15, -0.1) is 0 Å². The molecule has 0 aromatic heterocycles. The Hall–Kier alpha value is -2.86. The minimum absolute atomic E-state index is 0.0806. The van der Waals surface area contributed by atoms with E-state index in [0.29, 0.717) is 5.75 Å². The van der Waals surface area contributed by atoms with Crippen LogP contribution in [0, 0.1) is 0 Å². The lowest BCUT2D eigenvalue weighted by atomic mass is 10.2. The van der Waals surface area contributed by atoms with E-state index in [2.05, 4.69) is 10.6 Å². The topological polar surface area (TPSA) is 59.6 Å². The maximum Gasteiger partial charge on any atom is 0.250 e. The Bertz CT molecular complexity index is 803. The van der Waals surface area contributed by atoms with Crippen molar-refractivity contribution in [3.05, 3.63) is 60.2 Å². The summed E-state index contributed by atoms with van der Waals surface area (Å²) in [6.07, 6.45) is 3.16. The molecule has 2 aromatic carbocycles. The molecule has 0 unspecified atom stereocenters. The predicted molar refractivity (Wildman–Crippen MR) is 109 cm³/mol. The summed E-state index contributed by atoms with van der Waals surface area (Å²) in [4.78, 5) is 12.0. The van der Waals surface area contributed by atoms with Gasteiger partial charge in [-0.3, -0.25) is 10.1 Å². The molecular weight excluding hydrogens is 348 g/mol. The molecule has 0 radical (unpaired) electrons. The summed E-state index contributed by atoms with van der Waals surface area (Å²) in [5.74, 6) is 1.09. The van der Waals surface area contributed by atoms with E-state index in [1.165, 1.54) is 6.08 Å². The van der Waals surface area contributed by atoms with Crippen LogP contribution in [0.1, 0.15) is 19.4 Å². The van der Waals surface area contributed by atoms with Crippen molar-refractivity contribution in [3.63, 3.8) is 0 Å². The number of nitrogens with one attached hydrogen (secondary N) is 2. The van der Waals surface area contributed by atoms with Crippen LogP contribution in [0.4, 0.5) is 5.69 Å². The van der Waals surface area contributed by atoms with Gasteiger partial charge in [0.2, 0.25) is 5.91 Å². The smallest absolute Gasteiger partial charge is 0.250 e. The SMILES string of the molecule is COc1ccccc1/C=C/C(=O)NC(=S)Nc1cccc(OC(C)C)c1. The molecule has 0 heterocycles. The van der Waals surface area contributed by atoms with E-state index in [9.17, 15) is 4.79 Å². The Morgan fingerprint density at radius 3 is 2.65 bits per heavy atom. The summed E-state index contributed by atoms with van der Waals surface area (Å²) in [6, 6.07) is 14.8. The fourth-order valence-corrected chi connectivity index (χ4v) is 2.42. The van der Waals surface area contributed by atoms with E-state index in [1.807, 2.05) is 62.4 Å². The summed E-state index contributed by atoms with van der Waals surface area (Å²) in [6.45, 7) is 3.91. The van der Waals surface area contributed by atoms with Gasteiger partial charge in [0.1, 0.15) is 11.5 Å². The maximum absolute atomic E-state index is 12.0. The number of hydrogen-bond acceptors (Lipinski definition) is 4. The molecule has 2 aromatic rings. The van der Waals surface area contributed by atoms with E-state index >= 15 is 0 Å². The summed E-state index contributed by atoms with van der Waals surface area (Å²) in [5.41, 5.74) is 1.55. The van der Waals surface area contributed by atoms with Gasteiger partial charge in [0.25, 0.3) is 0 Å². The van der Waals surface area contributed by atoms with Crippen molar-refractivity contribution < 1.29 is 14.3 Å². The molecule has 136 valence electrons. The summed E-state index contributed by atoms with van der Waals surface area (Å²) >= 11 is 5.18. The van der Waals surface area contributed by atoms with Crippen molar-refractivity contribution in [2.75, 3.05) is 12.4 Å². The van der Waals surface area contributed by atoms with Crippen LogP contribution >= 0.6 is 12.2 Å². The maximum atomic E-state index is 12.0. The molecule has 0 aliphatic rings. The van der Waals surface area contributed by atoms with Crippen molar-refractivity contribution in [2.45, 2.75) is 20.0 Å². The largest absolute Gasteiger partial charge is 0.496 e. The average molecular weight is 370 g/mol. The van der Waals surface area contributed by atoms with E-state index in [-0.39, 0.29) is 17.1 Å². The Morgan fingerprint density at radius 2 is 1.92 bits per heavy atom. The van der Waals surface area contributed by atoms with Crippen LogP contribution in [0.15, 0.2) is 54.6 Å². The highest BCUT2D eigenvalue weighted by atomic mass is 32.1. The monoisotopic (exact) mass is 370 g/mol. The second-order valence-corrected chi connectivity index (χ2v) is 6.12. The number of hydrogen-bond donors (Lipinski definition) is 2. The number of methoxy groups -OCH3 is 1. The number of para-hydroxylation sites is 1. The van der Waals surface area contributed by atoms with Crippen molar-refractivity contribution in [1.82, 2.24) is 5.32 Å². The molecule has 0 saturated carbocycles. The van der Waals surface area contributed by atoms with Gasteiger partial charge in [-0.1, -0.05) is 24.3 Å². The van der Waals surface area contributed by atoms with Crippen LogP contribution in [-0.2, 0) is 4.79 Å². The molecule has 0 aliphatic carbocycles. The normalized spacial score (nSPS) is 10.6. The van der Waals surface area contributed by atoms with Gasteiger partial charge >= 0.3 is 0 Å². The summed E-state index contributed by atoms with van der Waals surface area (Å²) in [5, 5.41) is 5.79. The minimum Gasteiger partial charge on any atom is -0.496 e. The first-order valence-corrected chi connectivity index (χ1v) is 8.58. The fraction of sp³-hybridized carbons (Fsp3) is 0.200. The Morgan fingerprint density at radius 1 is 1.15 bits per heavy atom. The lowest BCUT2D eigenvalue weighted by Crippen LogP contribution is -2.32. The highest BCUT2D eigenvalue weighted by Crippen LogP contribution is 2.19. The van der Waals surface area contributed by atoms with E-state index in [1.54, 1.807) is 13.2 Å². The number of thiocarbonyl (C=S) groups is 1. The molecule has 2 rings (SSSR count). The fourth-order valence-electron chi connectivity index (χ4n) is 2.20. The third-order valence-electron chi connectivity index (χ3n) is 3.25. The Kier molecular flexibility index (Phi) is 7.17. The van der Waals surface area contributed by atoms with E-state index in [4.69, 9.17) is 21.7 Å². The molecule has 0 aliphatic heterocycles. The average Bonchev–Trinajstić information content (AvgIpc) is 2.59. The summed E-state index contributed by atoms with van der Waals surface area (Å²) in [7, 11) is 1.59. The Labute approximate surface area is 159 Å². The second-order valence-electron chi connectivity index (χ2n) is 5.71. The standard InChI is InChI=1S/C20H22N2O3S/c1-14(2)25-17-9-6-8-16(13-17)21-20(26)22-19(23)12-11-15-7-4-5-10-18(15)24-3/h4-14H,1-3H3,(H2,21,22,23,26)/b12-11+. The number of amides is 1. The molecule has 2 N–H and O–H groups in total. The zero-order valence-electron chi connectivity index (χ0n) is 15.0. The number of benzene rings is 2. The van der Waals surface area contributed by atoms with Gasteiger partial charge in [-0.25, -0.2) is 0 Å². The van der Waals surface area contributed by atoms with Gasteiger partial charge in [-0.2, -0.15) is 0 Å². The van der Waals surface area contributed by atoms with Crippen molar-refractivity contribution in [3.8, 4) is 11.5 Å². The summed E-state index contributed by atoms with van der Waals surface area (Å²) < 4.78 is 10.9. The number of anilines is 1. The number of carbonyl (C=O) groups is 1. The predicted octanol–water partition coefficient (Wildman–Crippen LogP) is 4.01. The molecule has 1 amide bonds. The van der Waals surface area contributed by atoms with Crippen molar-refractivity contribution in [2.24, 2.45) is 0 Å². The van der Waals surface area contributed by atoms with Crippen molar-refractivity contribution in [1.29, 1.82) is 0 Å². The van der Waals surface area contributed by atoms with Crippen LogP contribution < -0.4 is 20.1 Å². The molecule has 6 heteroatoms. The molecule has 0 saturated heterocycles.